The molecule has 6 heteroatoms. The Labute approximate surface area is 127 Å². The molecular formula is C15H16FN3OS. The third-order valence-electron chi connectivity index (χ3n) is 3.79. The smallest absolute Gasteiger partial charge is 0.220 e. The van der Waals surface area contributed by atoms with Gasteiger partial charge in [-0.3, -0.25) is 14.8 Å². The molecule has 1 aliphatic carbocycles. The van der Waals surface area contributed by atoms with Crippen LogP contribution in [0.5, 0.6) is 0 Å². The monoisotopic (exact) mass is 305 g/mol. The molecule has 4 nitrogen and oxygen atoms in total. The fourth-order valence-electron chi connectivity index (χ4n) is 2.57. The van der Waals surface area contributed by atoms with Crippen molar-refractivity contribution in [2.24, 2.45) is 16.8 Å². The van der Waals surface area contributed by atoms with Crippen molar-refractivity contribution in [1.29, 1.82) is 0 Å². The molecule has 1 saturated carbocycles. The van der Waals surface area contributed by atoms with Gasteiger partial charge in [0.1, 0.15) is 12.0 Å². The van der Waals surface area contributed by atoms with E-state index < -0.39 is 10.9 Å². The lowest BCUT2D eigenvalue weighted by Gasteiger charge is -2.33. The molecule has 1 heterocycles. The summed E-state index contributed by atoms with van der Waals surface area (Å²) in [7, 11) is 0. The fourth-order valence-corrected chi connectivity index (χ4v) is 2.79. The first kappa shape index (κ1) is 14.3. The standard InChI is InChI=1S/C15H16FN3OS/c1-8-18-13(9-6-7-9)12(15(20)21)14(19(8)17)10-4-2-3-5-11(10)16/h2-5,8-9H,6-7,17H2,1H3,(H,20,21). The molecule has 0 saturated heterocycles. The third-order valence-corrected chi connectivity index (χ3v) is 4.01. The molecule has 0 aromatic heterocycles. The lowest BCUT2D eigenvalue weighted by Crippen LogP contribution is -2.42. The molecule has 0 bridgehead atoms. The van der Waals surface area contributed by atoms with E-state index in [-0.39, 0.29) is 12.1 Å². The molecule has 3 rings (SSSR count). The zero-order chi connectivity index (χ0) is 15.1. The van der Waals surface area contributed by atoms with Crippen LogP contribution in [0.4, 0.5) is 4.39 Å². The zero-order valence-corrected chi connectivity index (χ0v) is 12.5. The van der Waals surface area contributed by atoms with Gasteiger partial charge in [-0.1, -0.05) is 12.1 Å². The Balaban J connectivity index is 2.24. The number of carbonyl (C=O) groups is 1. The maximum atomic E-state index is 14.2. The summed E-state index contributed by atoms with van der Waals surface area (Å²) in [6.07, 6.45) is 1.64. The predicted octanol–water partition coefficient (Wildman–Crippen LogP) is 2.38. The number of rotatable bonds is 3. The molecule has 0 amide bonds. The molecule has 1 atom stereocenters. The summed E-state index contributed by atoms with van der Waals surface area (Å²) < 4.78 is 14.2. The lowest BCUT2D eigenvalue weighted by molar-refractivity contribution is -0.107. The summed E-state index contributed by atoms with van der Waals surface area (Å²) in [5.74, 6) is 5.89. The van der Waals surface area contributed by atoms with Gasteiger partial charge in [-0.25, -0.2) is 10.2 Å². The molecule has 110 valence electrons. The molecule has 0 spiro atoms. The average Bonchev–Trinajstić information content (AvgIpc) is 3.26. The van der Waals surface area contributed by atoms with Gasteiger partial charge in [-0.15, -0.1) is 12.6 Å². The van der Waals surface area contributed by atoms with E-state index in [9.17, 15) is 9.18 Å². The minimum atomic E-state index is -0.429. The second kappa shape index (κ2) is 5.27. The van der Waals surface area contributed by atoms with Crippen molar-refractivity contribution in [2.75, 3.05) is 0 Å². The van der Waals surface area contributed by atoms with Crippen LogP contribution in [0, 0.1) is 11.7 Å². The maximum absolute atomic E-state index is 14.2. The second-order valence-electron chi connectivity index (χ2n) is 5.34. The quantitative estimate of drug-likeness (QED) is 0.666. The van der Waals surface area contributed by atoms with E-state index in [2.05, 4.69) is 17.6 Å². The lowest BCUT2D eigenvalue weighted by atomic mass is 9.97. The highest BCUT2D eigenvalue weighted by molar-refractivity contribution is 7.97. The average molecular weight is 305 g/mol. The van der Waals surface area contributed by atoms with E-state index in [1.165, 1.54) is 11.1 Å². The van der Waals surface area contributed by atoms with Crippen LogP contribution in [0.1, 0.15) is 25.3 Å². The molecule has 0 radical (unpaired) electrons. The van der Waals surface area contributed by atoms with Gasteiger partial charge in [-0.2, -0.15) is 0 Å². The SMILES string of the molecule is CC1N=C(C2CC2)C(C(=O)S)=C(c2ccccc2F)N1N. The number of benzene rings is 1. The summed E-state index contributed by atoms with van der Waals surface area (Å²) in [6, 6.07) is 6.28. The van der Waals surface area contributed by atoms with Crippen LogP contribution >= 0.6 is 12.6 Å². The van der Waals surface area contributed by atoms with E-state index in [1.807, 2.05) is 6.92 Å². The van der Waals surface area contributed by atoms with Crippen LogP contribution in [-0.2, 0) is 4.79 Å². The Morgan fingerprint density at radius 1 is 1.43 bits per heavy atom. The van der Waals surface area contributed by atoms with Gasteiger partial charge in [0.05, 0.1) is 17.0 Å². The minimum Gasteiger partial charge on any atom is -0.286 e. The van der Waals surface area contributed by atoms with Crippen LogP contribution in [0.2, 0.25) is 0 Å². The predicted molar refractivity (Wildman–Crippen MR) is 83.0 cm³/mol. The van der Waals surface area contributed by atoms with Crippen molar-refractivity contribution in [3.63, 3.8) is 0 Å². The van der Waals surface area contributed by atoms with Gasteiger partial charge >= 0.3 is 0 Å². The number of thiol groups is 1. The maximum Gasteiger partial charge on any atom is 0.220 e. The summed E-state index contributed by atoms with van der Waals surface area (Å²) in [5.41, 5.74) is 1.71. The highest BCUT2D eigenvalue weighted by Gasteiger charge is 2.38. The summed E-state index contributed by atoms with van der Waals surface area (Å²) in [4.78, 5) is 16.5. The van der Waals surface area contributed by atoms with E-state index in [0.717, 1.165) is 12.8 Å². The number of carbonyl (C=O) groups excluding carboxylic acids is 1. The van der Waals surface area contributed by atoms with E-state index in [0.29, 0.717) is 22.5 Å². The minimum absolute atomic E-state index is 0.258. The van der Waals surface area contributed by atoms with Crippen LogP contribution in [0.25, 0.3) is 5.70 Å². The molecule has 1 aromatic carbocycles. The number of halogens is 1. The molecule has 2 aliphatic rings. The normalized spacial score (nSPS) is 22.4. The summed E-state index contributed by atoms with van der Waals surface area (Å²) >= 11 is 3.95. The topological polar surface area (TPSA) is 58.7 Å². The Morgan fingerprint density at radius 3 is 2.67 bits per heavy atom. The number of nitrogens with zero attached hydrogens (tertiary/aromatic N) is 2. The molecule has 1 fully saturated rings. The molecular weight excluding hydrogens is 289 g/mol. The molecule has 1 aliphatic heterocycles. The molecule has 21 heavy (non-hydrogen) atoms. The van der Waals surface area contributed by atoms with Gasteiger partial charge in [0.2, 0.25) is 5.12 Å². The van der Waals surface area contributed by atoms with E-state index in [4.69, 9.17) is 5.84 Å². The largest absolute Gasteiger partial charge is 0.286 e. The van der Waals surface area contributed by atoms with Crippen molar-refractivity contribution >= 4 is 29.2 Å². The summed E-state index contributed by atoms with van der Waals surface area (Å²) in [5, 5.41) is 0.912. The van der Waals surface area contributed by atoms with Crippen LogP contribution in [0.3, 0.4) is 0 Å². The van der Waals surface area contributed by atoms with Crippen molar-refractivity contribution in [3.8, 4) is 0 Å². The van der Waals surface area contributed by atoms with E-state index in [1.54, 1.807) is 18.2 Å². The van der Waals surface area contributed by atoms with Crippen LogP contribution in [-0.4, -0.2) is 22.0 Å². The highest BCUT2D eigenvalue weighted by atomic mass is 32.1. The van der Waals surface area contributed by atoms with Crippen molar-refractivity contribution in [3.05, 3.63) is 41.2 Å². The van der Waals surface area contributed by atoms with Gasteiger partial charge in [0.15, 0.2) is 0 Å². The first-order chi connectivity index (χ1) is 10.0. The first-order valence-electron chi connectivity index (χ1n) is 6.85. The first-order valence-corrected chi connectivity index (χ1v) is 7.30. The van der Waals surface area contributed by atoms with Gasteiger partial charge in [0.25, 0.3) is 0 Å². The van der Waals surface area contributed by atoms with Gasteiger partial charge < -0.3 is 0 Å². The van der Waals surface area contributed by atoms with Crippen LogP contribution < -0.4 is 5.84 Å². The number of hydrogen-bond acceptors (Lipinski definition) is 4. The van der Waals surface area contributed by atoms with Gasteiger partial charge in [-0.05, 0) is 31.9 Å². The number of hydrazine groups is 1. The Morgan fingerprint density at radius 2 is 2.10 bits per heavy atom. The highest BCUT2D eigenvalue weighted by Crippen LogP contribution is 2.40. The molecule has 1 aromatic rings. The zero-order valence-electron chi connectivity index (χ0n) is 11.6. The van der Waals surface area contributed by atoms with E-state index >= 15 is 0 Å². The number of nitrogens with two attached hydrogens (primary N) is 1. The fraction of sp³-hybridized carbons (Fsp3) is 0.333. The van der Waals surface area contributed by atoms with Crippen molar-refractivity contribution < 1.29 is 9.18 Å². The summed E-state index contributed by atoms with van der Waals surface area (Å²) in [6.45, 7) is 1.82. The van der Waals surface area contributed by atoms with Crippen molar-refractivity contribution in [1.82, 2.24) is 5.01 Å². The van der Waals surface area contributed by atoms with Crippen LogP contribution in [0.15, 0.2) is 34.8 Å². The Bertz CT molecular complexity index is 667. The third kappa shape index (κ3) is 2.49. The Hall–Kier alpha value is -1.66. The Kier molecular flexibility index (Phi) is 3.59. The number of hydrogen-bond donors (Lipinski definition) is 2. The van der Waals surface area contributed by atoms with Gasteiger partial charge in [0, 0.05) is 11.5 Å². The second-order valence-corrected chi connectivity index (χ2v) is 5.74. The molecule has 1 unspecified atom stereocenters. The molecule has 2 N–H and O–H groups in total. The number of aliphatic imine (C=N–C) groups is 1. The van der Waals surface area contributed by atoms with Crippen molar-refractivity contribution in [2.45, 2.75) is 25.9 Å².